The van der Waals surface area contributed by atoms with Crippen molar-refractivity contribution in [2.24, 2.45) is 0 Å². The van der Waals surface area contributed by atoms with Gasteiger partial charge in [-0.05, 0) is 68.8 Å². The number of hydrogen-bond acceptors (Lipinski definition) is 2. The fraction of sp³-hybridized carbons (Fsp3) is 0. The number of hydrogen-bond donors (Lipinski definition) is 0. The second-order valence-electron chi connectivity index (χ2n) is 14.0. The first kappa shape index (κ1) is 30.1. The van der Waals surface area contributed by atoms with E-state index in [1.165, 1.54) is 42.6 Å². The van der Waals surface area contributed by atoms with E-state index in [-0.39, 0.29) is 6.92 Å². The molecule has 8 aromatic carbocycles. The van der Waals surface area contributed by atoms with Gasteiger partial charge in [0.25, 0.3) is 0 Å². The van der Waals surface area contributed by atoms with E-state index >= 15 is 0 Å². The van der Waals surface area contributed by atoms with Crippen LogP contribution >= 0.6 is 0 Å². The first-order chi connectivity index (χ1) is 26.3. The first-order valence-electron chi connectivity index (χ1n) is 18.2. The number of aromatic nitrogens is 1. The largest absolute Gasteiger partial charge is 0.551 e. The van der Waals surface area contributed by atoms with Crippen LogP contribution in [0, 0.1) is 0 Å². The molecule has 0 fully saturated rings. The second-order valence-corrected chi connectivity index (χ2v) is 17.8. The maximum absolute atomic E-state index is 7.29. The summed E-state index contributed by atoms with van der Waals surface area (Å²) in [5.41, 5.74) is 7.78. The molecule has 0 amide bonds. The maximum Gasteiger partial charge on any atom is 0.434 e. The van der Waals surface area contributed by atoms with Crippen LogP contribution in [0.25, 0.3) is 38.6 Å². The third kappa shape index (κ3) is 4.41. The zero-order chi connectivity index (χ0) is 34.9. The Kier molecular flexibility index (Phi) is 6.67. The topological polar surface area (TPSA) is 23.4 Å². The highest BCUT2D eigenvalue weighted by Gasteiger charge is 2.44. The molecule has 0 atom stereocenters. The molecule has 1 aromatic heterocycles. The van der Waals surface area contributed by atoms with E-state index in [1.807, 2.05) is 0 Å². The van der Waals surface area contributed by atoms with Crippen molar-refractivity contribution in [1.29, 1.82) is 0 Å². The number of ether oxygens (including phenoxy) is 1. The molecule has 2 aliphatic heterocycles. The van der Waals surface area contributed by atoms with Gasteiger partial charge in [0.15, 0.2) is 8.07 Å². The fourth-order valence-electron chi connectivity index (χ4n) is 8.98. The normalized spacial score (nSPS) is 12.8. The molecule has 53 heavy (non-hydrogen) atoms. The van der Waals surface area contributed by atoms with E-state index in [0.29, 0.717) is 0 Å². The van der Waals surface area contributed by atoms with E-state index in [4.69, 9.17) is 9.39 Å². The molecule has 5 heteroatoms. The van der Waals surface area contributed by atoms with E-state index in [9.17, 15) is 0 Å². The molecule has 9 aromatic rings. The number of rotatable bonds is 5. The standard InChI is InChI=1S/C48H32BNO2Si/c1-4-15-34(16-5-1)53(35-17-6-2-7-18-35,36-19-8-3-9-20-36)37-28-29-40-41-23-14-26-46-48(41)49(52-47(40)32-37)42-31-33(27-30-45(42)51-46)50-43-24-12-10-21-38(43)39-22-11-13-25-44(39)50/h1-32H. The van der Waals surface area contributed by atoms with Crippen molar-refractivity contribution in [3.8, 4) is 34.1 Å². The number of fused-ring (bicyclic) bond motifs is 7. The monoisotopic (exact) mass is 693 g/mol. The number of nitrogens with zero attached hydrogens (tertiary/aromatic N) is 1. The van der Waals surface area contributed by atoms with Gasteiger partial charge in [0.1, 0.15) is 17.2 Å². The molecule has 0 radical (unpaired) electrons. The Morgan fingerprint density at radius 1 is 0.415 bits per heavy atom. The molecule has 0 spiro atoms. The summed E-state index contributed by atoms with van der Waals surface area (Å²) in [4.78, 5) is 0. The summed E-state index contributed by atoms with van der Waals surface area (Å²) in [5, 5.41) is 7.77. The van der Waals surface area contributed by atoms with Crippen molar-refractivity contribution in [1.82, 2.24) is 4.57 Å². The quantitative estimate of drug-likeness (QED) is 0.138. The minimum absolute atomic E-state index is 0.331. The lowest BCUT2D eigenvalue weighted by molar-refractivity contribution is 0.479. The van der Waals surface area contributed by atoms with Gasteiger partial charge in [0, 0.05) is 32.9 Å². The van der Waals surface area contributed by atoms with Crippen molar-refractivity contribution in [3.05, 3.63) is 194 Å². The molecule has 0 bridgehead atoms. The lowest BCUT2D eigenvalue weighted by Gasteiger charge is -2.37. The van der Waals surface area contributed by atoms with Crippen LogP contribution < -0.4 is 41.1 Å². The van der Waals surface area contributed by atoms with Crippen molar-refractivity contribution in [2.45, 2.75) is 0 Å². The number of benzene rings is 8. The summed E-state index contributed by atoms with van der Waals surface area (Å²) in [7, 11) is -2.76. The summed E-state index contributed by atoms with van der Waals surface area (Å²) in [6, 6.07) is 70.4. The molecular weight excluding hydrogens is 661 g/mol. The van der Waals surface area contributed by atoms with Crippen LogP contribution in [-0.4, -0.2) is 19.6 Å². The van der Waals surface area contributed by atoms with Crippen LogP contribution in [0.4, 0.5) is 0 Å². The van der Waals surface area contributed by atoms with Crippen molar-refractivity contribution >= 4 is 68.5 Å². The van der Waals surface area contributed by atoms with Crippen molar-refractivity contribution < 1.29 is 9.39 Å². The highest BCUT2D eigenvalue weighted by atomic mass is 28.3. The van der Waals surface area contributed by atoms with Crippen LogP contribution in [0.5, 0.6) is 17.2 Å². The van der Waals surface area contributed by atoms with Gasteiger partial charge in [-0.1, -0.05) is 152 Å². The van der Waals surface area contributed by atoms with Crippen LogP contribution in [0.3, 0.4) is 0 Å². The number of para-hydroxylation sites is 2. The average molecular weight is 694 g/mol. The zero-order valence-electron chi connectivity index (χ0n) is 28.8. The van der Waals surface area contributed by atoms with Gasteiger partial charge in [-0.2, -0.15) is 0 Å². The Morgan fingerprint density at radius 2 is 1.00 bits per heavy atom. The summed E-state index contributed by atoms with van der Waals surface area (Å²) in [6.45, 7) is -0.331. The minimum Gasteiger partial charge on any atom is -0.551 e. The van der Waals surface area contributed by atoms with Gasteiger partial charge in [0.05, 0.1) is 11.0 Å². The molecule has 0 saturated carbocycles. The summed E-state index contributed by atoms with van der Waals surface area (Å²) >= 11 is 0. The average Bonchev–Trinajstić information content (AvgIpc) is 3.57. The minimum atomic E-state index is -2.76. The SMILES string of the molecule is c1ccc([Si](c2ccccc2)(c2ccccc2)c2ccc3c(c2)OB2c4cc(-n5c6ccccc6c6ccccc65)ccc4Oc4cccc-3c42)cc1. The highest BCUT2D eigenvalue weighted by molar-refractivity contribution is 7.20. The van der Waals surface area contributed by atoms with E-state index in [2.05, 4.69) is 199 Å². The lowest BCUT2D eigenvalue weighted by atomic mass is 9.51. The Hall–Kier alpha value is -6.56. The Morgan fingerprint density at radius 3 is 1.62 bits per heavy atom. The van der Waals surface area contributed by atoms with Crippen molar-refractivity contribution in [2.75, 3.05) is 0 Å². The Bertz CT molecular complexity index is 2700. The summed E-state index contributed by atoms with van der Waals surface area (Å²) in [5.74, 6) is 2.57. The highest BCUT2D eigenvalue weighted by Crippen LogP contribution is 2.39. The maximum atomic E-state index is 7.29. The molecule has 3 heterocycles. The van der Waals surface area contributed by atoms with Gasteiger partial charge in [0.2, 0.25) is 0 Å². The molecule has 3 nitrogen and oxygen atoms in total. The second kappa shape index (κ2) is 11.7. The molecule has 11 rings (SSSR count). The smallest absolute Gasteiger partial charge is 0.434 e. The van der Waals surface area contributed by atoms with Crippen LogP contribution in [0.1, 0.15) is 0 Å². The molecule has 0 N–H and O–H groups in total. The molecule has 0 saturated heterocycles. The van der Waals surface area contributed by atoms with Crippen LogP contribution in [0.2, 0.25) is 0 Å². The summed E-state index contributed by atoms with van der Waals surface area (Å²) < 4.78 is 16.3. The van der Waals surface area contributed by atoms with Crippen LogP contribution in [0.15, 0.2) is 194 Å². The zero-order valence-corrected chi connectivity index (χ0v) is 29.8. The van der Waals surface area contributed by atoms with Gasteiger partial charge < -0.3 is 14.0 Å². The molecule has 2 aliphatic rings. The Labute approximate surface area is 309 Å². The van der Waals surface area contributed by atoms with Crippen LogP contribution in [-0.2, 0) is 0 Å². The van der Waals surface area contributed by atoms with Gasteiger partial charge in [-0.25, -0.2) is 0 Å². The third-order valence-electron chi connectivity index (χ3n) is 11.2. The molecular formula is C48H32BNO2Si. The van der Waals surface area contributed by atoms with Gasteiger partial charge in [-0.15, -0.1) is 0 Å². The van der Waals surface area contributed by atoms with E-state index in [0.717, 1.165) is 45.0 Å². The van der Waals surface area contributed by atoms with E-state index < -0.39 is 8.07 Å². The fourth-order valence-corrected chi connectivity index (χ4v) is 13.7. The summed E-state index contributed by atoms with van der Waals surface area (Å²) in [6.07, 6.45) is 0. The van der Waals surface area contributed by atoms with Crippen molar-refractivity contribution in [3.63, 3.8) is 0 Å². The molecule has 0 unspecified atom stereocenters. The predicted molar refractivity (Wildman–Crippen MR) is 222 cm³/mol. The van der Waals surface area contributed by atoms with Gasteiger partial charge >= 0.3 is 6.92 Å². The molecule has 248 valence electrons. The third-order valence-corrected chi connectivity index (χ3v) is 16.0. The van der Waals surface area contributed by atoms with Gasteiger partial charge in [-0.3, -0.25) is 0 Å². The van der Waals surface area contributed by atoms with E-state index in [1.54, 1.807) is 0 Å². The molecule has 0 aliphatic carbocycles. The Balaban J connectivity index is 1.12. The first-order valence-corrected chi connectivity index (χ1v) is 20.2. The lowest BCUT2D eigenvalue weighted by Crippen LogP contribution is -2.74. The predicted octanol–water partition coefficient (Wildman–Crippen LogP) is 7.43.